The fourth-order valence-corrected chi connectivity index (χ4v) is 1.42. The smallest absolute Gasteiger partial charge is 0.143 e. The van der Waals surface area contributed by atoms with Gasteiger partial charge in [0.1, 0.15) is 10.4 Å². The monoisotopic (exact) mass is 243 g/mol. The van der Waals surface area contributed by atoms with Gasteiger partial charge in [-0.25, -0.2) is 9.97 Å². The fourth-order valence-electron chi connectivity index (χ4n) is 1.10. The molecule has 1 aromatic rings. The van der Waals surface area contributed by atoms with Crippen LogP contribution in [-0.2, 0) is 6.54 Å². The summed E-state index contributed by atoms with van der Waals surface area (Å²) in [6.07, 6.45) is 1.77. The molecule has 1 rings (SSSR count). The molecule has 0 aliphatic carbocycles. The zero-order chi connectivity index (χ0) is 9.68. The average Bonchev–Trinajstić information content (AvgIpc) is 2.14. The van der Waals surface area contributed by atoms with Crippen LogP contribution in [0.4, 0.5) is 0 Å². The average molecular weight is 244 g/mol. The van der Waals surface area contributed by atoms with E-state index in [9.17, 15) is 0 Å². The Morgan fingerprint density at radius 3 is 2.62 bits per heavy atom. The van der Waals surface area contributed by atoms with E-state index in [0.29, 0.717) is 0 Å². The van der Waals surface area contributed by atoms with Crippen molar-refractivity contribution in [2.75, 3.05) is 13.1 Å². The third-order valence-electron chi connectivity index (χ3n) is 1.93. The lowest BCUT2D eigenvalue weighted by Gasteiger charge is -2.16. The molecule has 4 heteroatoms. The molecular formula is C9H14BrN3. The summed E-state index contributed by atoms with van der Waals surface area (Å²) in [5.41, 5.74) is 0. The van der Waals surface area contributed by atoms with Crippen molar-refractivity contribution < 1.29 is 0 Å². The van der Waals surface area contributed by atoms with Gasteiger partial charge in [0.2, 0.25) is 0 Å². The van der Waals surface area contributed by atoms with Crippen LogP contribution in [-0.4, -0.2) is 28.0 Å². The van der Waals surface area contributed by atoms with E-state index < -0.39 is 0 Å². The first-order valence-electron chi connectivity index (χ1n) is 4.46. The molecule has 0 unspecified atom stereocenters. The minimum absolute atomic E-state index is 0.826. The van der Waals surface area contributed by atoms with Gasteiger partial charge >= 0.3 is 0 Å². The number of halogens is 1. The summed E-state index contributed by atoms with van der Waals surface area (Å²) in [5, 5.41) is 0. The number of aromatic nitrogens is 2. The first-order chi connectivity index (χ1) is 6.26. The second kappa shape index (κ2) is 5.29. The Kier molecular flexibility index (Phi) is 4.32. The molecule has 3 nitrogen and oxygen atoms in total. The van der Waals surface area contributed by atoms with E-state index in [1.165, 1.54) is 0 Å². The van der Waals surface area contributed by atoms with Crippen molar-refractivity contribution in [1.29, 1.82) is 0 Å². The van der Waals surface area contributed by atoms with Gasteiger partial charge in [0.05, 0.1) is 6.54 Å². The van der Waals surface area contributed by atoms with E-state index in [1.54, 1.807) is 6.20 Å². The summed E-state index contributed by atoms with van der Waals surface area (Å²) in [7, 11) is 0. The Labute approximate surface area is 87.3 Å². The largest absolute Gasteiger partial charge is 0.296 e. The first-order valence-corrected chi connectivity index (χ1v) is 5.25. The lowest BCUT2D eigenvalue weighted by Crippen LogP contribution is -2.23. The van der Waals surface area contributed by atoms with E-state index in [2.05, 4.69) is 44.6 Å². The zero-order valence-electron chi connectivity index (χ0n) is 8.00. The molecule has 0 radical (unpaired) electrons. The predicted octanol–water partition coefficient (Wildman–Crippen LogP) is 2.08. The highest BCUT2D eigenvalue weighted by Gasteiger charge is 2.03. The second-order valence-corrected chi connectivity index (χ2v) is 3.57. The van der Waals surface area contributed by atoms with Gasteiger partial charge in [-0.15, -0.1) is 0 Å². The van der Waals surface area contributed by atoms with Gasteiger partial charge in [-0.3, -0.25) is 4.90 Å². The van der Waals surface area contributed by atoms with Gasteiger partial charge in [0, 0.05) is 6.20 Å². The molecule has 72 valence electrons. The Morgan fingerprint density at radius 2 is 2.08 bits per heavy atom. The van der Waals surface area contributed by atoms with Gasteiger partial charge in [-0.2, -0.15) is 0 Å². The van der Waals surface area contributed by atoms with Crippen LogP contribution in [0, 0.1) is 0 Å². The molecule has 0 aliphatic rings. The van der Waals surface area contributed by atoms with Crippen LogP contribution in [0.1, 0.15) is 19.7 Å². The number of hydrogen-bond donors (Lipinski definition) is 0. The number of rotatable bonds is 4. The normalized spacial score (nSPS) is 10.8. The van der Waals surface area contributed by atoms with Crippen molar-refractivity contribution in [2.45, 2.75) is 20.4 Å². The van der Waals surface area contributed by atoms with E-state index in [4.69, 9.17) is 0 Å². The van der Waals surface area contributed by atoms with Crippen LogP contribution in [0.2, 0.25) is 0 Å². The van der Waals surface area contributed by atoms with E-state index >= 15 is 0 Å². The maximum absolute atomic E-state index is 4.27. The van der Waals surface area contributed by atoms with Gasteiger partial charge in [-0.05, 0) is 35.1 Å². The number of nitrogens with zero attached hydrogens (tertiary/aromatic N) is 3. The molecule has 0 N–H and O–H groups in total. The van der Waals surface area contributed by atoms with Crippen LogP contribution >= 0.6 is 15.9 Å². The third kappa shape index (κ3) is 3.40. The summed E-state index contributed by atoms with van der Waals surface area (Å²) in [6.45, 7) is 7.17. The molecule has 0 aliphatic heterocycles. The Bertz CT molecular complexity index is 261. The van der Waals surface area contributed by atoms with Crippen LogP contribution in [0.5, 0.6) is 0 Å². The van der Waals surface area contributed by atoms with Gasteiger partial charge in [0.15, 0.2) is 0 Å². The fraction of sp³-hybridized carbons (Fsp3) is 0.556. The predicted molar refractivity (Wildman–Crippen MR) is 56.4 cm³/mol. The number of hydrogen-bond acceptors (Lipinski definition) is 3. The highest BCUT2D eigenvalue weighted by atomic mass is 79.9. The molecule has 0 bridgehead atoms. The third-order valence-corrected chi connectivity index (χ3v) is 2.37. The van der Waals surface area contributed by atoms with Crippen LogP contribution in [0.15, 0.2) is 16.9 Å². The molecule has 0 spiro atoms. The molecule has 0 aromatic carbocycles. The highest BCUT2D eigenvalue weighted by Crippen LogP contribution is 2.05. The molecule has 13 heavy (non-hydrogen) atoms. The standard InChI is InChI=1S/C9H14BrN3/c1-3-13(4-2)7-9-11-6-5-8(10)12-9/h5-6H,3-4,7H2,1-2H3. The van der Waals surface area contributed by atoms with Crippen LogP contribution < -0.4 is 0 Å². The lowest BCUT2D eigenvalue weighted by atomic mass is 10.4. The molecule has 0 amide bonds. The van der Waals surface area contributed by atoms with Crippen molar-refractivity contribution >= 4 is 15.9 Å². The van der Waals surface area contributed by atoms with Gasteiger partial charge in [-0.1, -0.05) is 13.8 Å². The van der Waals surface area contributed by atoms with Crippen molar-refractivity contribution in [3.63, 3.8) is 0 Å². The Morgan fingerprint density at radius 1 is 1.38 bits per heavy atom. The molecule has 0 saturated carbocycles. The van der Waals surface area contributed by atoms with E-state index in [-0.39, 0.29) is 0 Å². The first kappa shape index (κ1) is 10.6. The minimum atomic E-state index is 0.826. The second-order valence-electron chi connectivity index (χ2n) is 2.76. The van der Waals surface area contributed by atoms with Crippen LogP contribution in [0.25, 0.3) is 0 Å². The summed E-state index contributed by atoms with van der Waals surface area (Å²) < 4.78 is 0.852. The molecule has 0 atom stereocenters. The zero-order valence-corrected chi connectivity index (χ0v) is 9.58. The van der Waals surface area contributed by atoms with Crippen molar-refractivity contribution in [2.24, 2.45) is 0 Å². The quantitative estimate of drug-likeness (QED) is 0.759. The SMILES string of the molecule is CCN(CC)Cc1nccc(Br)n1. The molecular weight excluding hydrogens is 230 g/mol. The Balaban J connectivity index is 2.62. The summed E-state index contributed by atoms with van der Waals surface area (Å²) in [6, 6.07) is 1.84. The van der Waals surface area contributed by atoms with Crippen molar-refractivity contribution in [3.05, 3.63) is 22.7 Å². The van der Waals surface area contributed by atoms with E-state index in [0.717, 1.165) is 30.1 Å². The lowest BCUT2D eigenvalue weighted by molar-refractivity contribution is 0.288. The topological polar surface area (TPSA) is 29.0 Å². The summed E-state index contributed by atoms with van der Waals surface area (Å²) >= 11 is 3.33. The highest BCUT2D eigenvalue weighted by molar-refractivity contribution is 9.10. The van der Waals surface area contributed by atoms with Crippen LogP contribution in [0.3, 0.4) is 0 Å². The maximum atomic E-state index is 4.27. The maximum Gasteiger partial charge on any atom is 0.143 e. The molecule has 1 aromatic heterocycles. The Hall–Kier alpha value is -0.480. The van der Waals surface area contributed by atoms with E-state index in [1.807, 2.05) is 6.07 Å². The summed E-state index contributed by atoms with van der Waals surface area (Å²) in [5.74, 6) is 0.873. The summed E-state index contributed by atoms with van der Waals surface area (Å²) in [4.78, 5) is 10.7. The van der Waals surface area contributed by atoms with Crippen molar-refractivity contribution in [1.82, 2.24) is 14.9 Å². The van der Waals surface area contributed by atoms with Gasteiger partial charge in [0.25, 0.3) is 0 Å². The molecule has 1 heterocycles. The molecule has 0 fully saturated rings. The molecule has 0 saturated heterocycles. The minimum Gasteiger partial charge on any atom is -0.296 e. The van der Waals surface area contributed by atoms with Crippen molar-refractivity contribution in [3.8, 4) is 0 Å². The van der Waals surface area contributed by atoms with Gasteiger partial charge < -0.3 is 0 Å².